The van der Waals surface area contributed by atoms with Crippen LogP contribution in [0.2, 0.25) is 5.02 Å². The summed E-state index contributed by atoms with van der Waals surface area (Å²) >= 11 is 5.79. The van der Waals surface area contributed by atoms with Crippen molar-refractivity contribution in [2.45, 2.75) is 25.7 Å². The van der Waals surface area contributed by atoms with Crippen molar-refractivity contribution in [3.63, 3.8) is 0 Å². The summed E-state index contributed by atoms with van der Waals surface area (Å²) in [5, 5.41) is 5.86. The lowest BCUT2D eigenvalue weighted by Gasteiger charge is -2.04. The molecule has 0 spiro atoms. The zero-order valence-corrected chi connectivity index (χ0v) is 10.1. The van der Waals surface area contributed by atoms with Gasteiger partial charge in [0.25, 0.3) is 0 Å². The van der Waals surface area contributed by atoms with Gasteiger partial charge in [-0.2, -0.15) is 0 Å². The zero-order valence-electron chi connectivity index (χ0n) is 9.37. The van der Waals surface area contributed by atoms with E-state index in [4.69, 9.17) is 11.6 Å². The largest absolute Gasteiger partial charge is 0.324 e. The molecule has 1 heterocycles. The number of pyridine rings is 1. The first-order chi connectivity index (χ1) is 8.24. The summed E-state index contributed by atoms with van der Waals surface area (Å²) in [6.07, 6.45) is 7.92. The Morgan fingerprint density at radius 3 is 2.88 bits per heavy atom. The molecule has 0 unspecified atom stereocenters. The first-order valence-electron chi connectivity index (χ1n) is 5.61. The van der Waals surface area contributed by atoms with Gasteiger partial charge in [0, 0.05) is 17.4 Å². The number of hydrogen-bond acceptors (Lipinski definition) is 2. The van der Waals surface area contributed by atoms with Crippen LogP contribution in [0.15, 0.2) is 30.1 Å². The van der Waals surface area contributed by atoms with Crippen molar-refractivity contribution < 1.29 is 4.79 Å². The highest BCUT2D eigenvalue weighted by Crippen LogP contribution is 2.22. The van der Waals surface area contributed by atoms with Gasteiger partial charge in [-0.25, -0.2) is 9.78 Å². The maximum Gasteiger partial charge on any atom is 0.324 e. The molecule has 90 valence electrons. The van der Waals surface area contributed by atoms with E-state index in [0.717, 1.165) is 12.8 Å². The maximum atomic E-state index is 11.5. The van der Waals surface area contributed by atoms with Crippen molar-refractivity contribution in [2.24, 2.45) is 0 Å². The Bertz CT molecular complexity index is 437. The van der Waals surface area contributed by atoms with Crippen molar-refractivity contribution in [3.8, 4) is 0 Å². The number of carbonyl (C=O) groups is 1. The Hall–Kier alpha value is -1.55. The van der Waals surface area contributed by atoms with E-state index in [9.17, 15) is 4.79 Å². The Kier molecular flexibility index (Phi) is 3.98. The van der Waals surface area contributed by atoms with Crippen LogP contribution in [0, 0.1) is 0 Å². The van der Waals surface area contributed by atoms with Crippen molar-refractivity contribution in [1.29, 1.82) is 0 Å². The predicted octanol–water partition coefficient (Wildman–Crippen LogP) is 3.31. The third kappa shape index (κ3) is 3.75. The molecule has 0 saturated heterocycles. The summed E-state index contributed by atoms with van der Waals surface area (Å²) in [6, 6.07) is 2.97. The molecule has 2 amide bonds. The van der Waals surface area contributed by atoms with E-state index in [0.29, 0.717) is 10.8 Å². The Labute approximate surface area is 105 Å². The highest BCUT2D eigenvalue weighted by Gasteiger charge is 2.07. The zero-order chi connectivity index (χ0) is 12.1. The van der Waals surface area contributed by atoms with E-state index < -0.39 is 0 Å². The quantitative estimate of drug-likeness (QED) is 0.847. The van der Waals surface area contributed by atoms with Gasteiger partial charge in [0.1, 0.15) is 5.82 Å². The topological polar surface area (TPSA) is 54.0 Å². The fourth-order valence-corrected chi connectivity index (χ4v) is 1.93. The molecule has 17 heavy (non-hydrogen) atoms. The van der Waals surface area contributed by atoms with Crippen molar-refractivity contribution in [1.82, 2.24) is 10.3 Å². The van der Waals surface area contributed by atoms with Gasteiger partial charge < -0.3 is 5.32 Å². The van der Waals surface area contributed by atoms with Gasteiger partial charge in [0.15, 0.2) is 0 Å². The van der Waals surface area contributed by atoms with Gasteiger partial charge in [0.05, 0.1) is 0 Å². The minimum Gasteiger partial charge on any atom is -0.314 e. The molecule has 5 heteroatoms. The molecule has 0 radical (unpaired) electrons. The number of urea groups is 1. The molecular formula is C12H14ClN3O. The maximum absolute atomic E-state index is 11.5. The number of hydrogen-bond donors (Lipinski definition) is 2. The molecule has 1 aromatic heterocycles. The Balaban J connectivity index is 1.86. The highest BCUT2D eigenvalue weighted by molar-refractivity contribution is 6.30. The third-order valence-corrected chi connectivity index (χ3v) is 2.85. The number of anilines is 1. The fraction of sp³-hybridized carbons (Fsp3) is 0.333. The molecule has 0 aromatic carbocycles. The van der Waals surface area contributed by atoms with Crippen LogP contribution in [0.1, 0.15) is 25.7 Å². The molecule has 1 aromatic rings. The van der Waals surface area contributed by atoms with Crippen LogP contribution in [0.25, 0.3) is 0 Å². The standard InChI is InChI=1S/C12H14ClN3O/c13-10-5-6-14-11(7-10)16-12(17)15-8-9-3-1-2-4-9/h5-8H,1-4H2,(H2,14,15,16,17). The van der Waals surface area contributed by atoms with Gasteiger partial charge in [-0.3, -0.25) is 5.32 Å². The SMILES string of the molecule is O=C(NC=C1CCCC1)Nc1cc(Cl)ccn1. The predicted molar refractivity (Wildman–Crippen MR) is 68.0 cm³/mol. The summed E-state index contributed by atoms with van der Waals surface area (Å²) in [5.74, 6) is 0.444. The van der Waals surface area contributed by atoms with E-state index in [1.807, 2.05) is 0 Å². The van der Waals surface area contributed by atoms with E-state index in [2.05, 4.69) is 15.6 Å². The van der Waals surface area contributed by atoms with E-state index in [-0.39, 0.29) is 6.03 Å². The first kappa shape index (κ1) is 11.9. The average molecular weight is 252 g/mol. The van der Waals surface area contributed by atoms with Gasteiger partial charge in [-0.1, -0.05) is 17.2 Å². The molecular weight excluding hydrogens is 238 g/mol. The monoisotopic (exact) mass is 251 g/mol. The van der Waals surface area contributed by atoms with Gasteiger partial charge >= 0.3 is 6.03 Å². The molecule has 1 fully saturated rings. The summed E-state index contributed by atoms with van der Waals surface area (Å²) in [4.78, 5) is 15.5. The minimum absolute atomic E-state index is 0.292. The van der Waals surface area contributed by atoms with Crippen LogP contribution in [-0.4, -0.2) is 11.0 Å². The molecule has 1 aliphatic rings. The number of allylic oxidation sites excluding steroid dienone is 1. The lowest BCUT2D eigenvalue weighted by Crippen LogP contribution is -2.24. The van der Waals surface area contributed by atoms with E-state index >= 15 is 0 Å². The molecule has 2 rings (SSSR count). The van der Waals surface area contributed by atoms with Gasteiger partial charge in [-0.15, -0.1) is 0 Å². The first-order valence-corrected chi connectivity index (χ1v) is 5.99. The fourth-order valence-electron chi connectivity index (χ4n) is 1.77. The summed E-state index contributed by atoms with van der Waals surface area (Å²) in [6.45, 7) is 0. The molecule has 0 aliphatic heterocycles. The number of nitrogens with one attached hydrogen (secondary N) is 2. The summed E-state index contributed by atoms with van der Waals surface area (Å²) in [7, 11) is 0. The summed E-state index contributed by atoms with van der Waals surface area (Å²) in [5.41, 5.74) is 1.29. The second kappa shape index (κ2) is 5.68. The lowest BCUT2D eigenvalue weighted by molar-refractivity contribution is 0.255. The number of amides is 2. The van der Waals surface area contributed by atoms with E-state index in [1.54, 1.807) is 24.5 Å². The minimum atomic E-state index is -0.292. The van der Waals surface area contributed by atoms with Crippen LogP contribution in [0.5, 0.6) is 0 Å². The van der Waals surface area contributed by atoms with Crippen LogP contribution < -0.4 is 10.6 Å². The van der Waals surface area contributed by atoms with Crippen molar-refractivity contribution in [2.75, 3.05) is 5.32 Å². The van der Waals surface area contributed by atoms with Crippen molar-refractivity contribution >= 4 is 23.4 Å². The molecule has 2 N–H and O–H groups in total. The summed E-state index contributed by atoms with van der Waals surface area (Å²) < 4.78 is 0. The van der Waals surface area contributed by atoms with Crippen LogP contribution in [0.4, 0.5) is 10.6 Å². The molecule has 0 bridgehead atoms. The number of halogens is 1. The average Bonchev–Trinajstić information content (AvgIpc) is 2.79. The lowest BCUT2D eigenvalue weighted by atomic mass is 10.2. The number of carbonyl (C=O) groups excluding carboxylic acids is 1. The second-order valence-electron chi connectivity index (χ2n) is 3.97. The Morgan fingerprint density at radius 1 is 1.41 bits per heavy atom. The van der Waals surface area contributed by atoms with Crippen molar-refractivity contribution in [3.05, 3.63) is 35.1 Å². The smallest absolute Gasteiger partial charge is 0.314 e. The molecule has 4 nitrogen and oxygen atoms in total. The molecule has 1 saturated carbocycles. The van der Waals surface area contributed by atoms with Gasteiger partial charge in [0.2, 0.25) is 0 Å². The van der Waals surface area contributed by atoms with Crippen LogP contribution >= 0.6 is 11.6 Å². The second-order valence-corrected chi connectivity index (χ2v) is 4.40. The third-order valence-electron chi connectivity index (χ3n) is 2.62. The normalized spacial score (nSPS) is 14.5. The van der Waals surface area contributed by atoms with E-state index in [1.165, 1.54) is 18.4 Å². The van der Waals surface area contributed by atoms with Crippen LogP contribution in [0.3, 0.4) is 0 Å². The molecule has 0 atom stereocenters. The highest BCUT2D eigenvalue weighted by atomic mass is 35.5. The molecule has 1 aliphatic carbocycles. The number of rotatable bonds is 2. The van der Waals surface area contributed by atoms with Crippen LogP contribution in [-0.2, 0) is 0 Å². The number of aromatic nitrogens is 1. The Morgan fingerprint density at radius 2 is 2.18 bits per heavy atom. The van der Waals surface area contributed by atoms with Gasteiger partial charge in [-0.05, 0) is 37.8 Å². The number of nitrogens with zero attached hydrogens (tertiary/aromatic N) is 1.